The summed E-state index contributed by atoms with van der Waals surface area (Å²) in [7, 11) is -3.55. The molecule has 0 spiro atoms. The predicted octanol–water partition coefficient (Wildman–Crippen LogP) is 2.80. The van der Waals surface area contributed by atoms with Gasteiger partial charge in [-0.3, -0.25) is 4.79 Å². The molecule has 0 unspecified atom stereocenters. The Labute approximate surface area is 159 Å². The third-order valence-corrected chi connectivity index (χ3v) is 6.46. The van der Waals surface area contributed by atoms with Gasteiger partial charge in [0.2, 0.25) is 10.0 Å². The van der Waals surface area contributed by atoms with E-state index in [0.717, 1.165) is 24.8 Å². The first-order valence-corrected chi connectivity index (χ1v) is 10.5. The number of aryl methyl sites for hydroxylation is 1. The van der Waals surface area contributed by atoms with Crippen molar-refractivity contribution in [2.45, 2.75) is 31.1 Å². The van der Waals surface area contributed by atoms with Crippen LogP contribution < -0.4 is 5.43 Å². The molecule has 2 aromatic carbocycles. The number of hydrogen-bond donors (Lipinski definition) is 1. The topological polar surface area (TPSA) is 78.8 Å². The molecule has 0 aromatic heterocycles. The van der Waals surface area contributed by atoms with E-state index in [0.29, 0.717) is 13.1 Å². The minimum absolute atomic E-state index is 0.135. The van der Waals surface area contributed by atoms with Crippen LogP contribution in [-0.4, -0.2) is 37.9 Å². The molecule has 0 aliphatic carbocycles. The van der Waals surface area contributed by atoms with Crippen LogP contribution in [0.2, 0.25) is 0 Å². The molecule has 1 saturated heterocycles. The fourth-order valence-electron chi connectivity index (χ4n) is 2.94. The van der Waals surface area contributed by atoms with E-state index in [1.807, 2.05) is 24.3 Å². The van der Waals surface area contributed by atoms with Crippen molar-refractivity contribution in [1.82, 2.24) is 9.73 Å². The highest BCUT2D eigenvalue weighted by Crippen LogP contribution is 2.21. The van der Waals surface area contributed by atoms with Gasteiger partial charge in [-0.1, -0.05) is 37.3 Å². The summed E-state index contributed by atoms with van der Waals surface area (Å²) in [4.78, 5) is 12.4. The lowest BCUT2D eigenvalue weighted by Crippen LogP contribution is -2.28. The molecule has 0 atom stereocenters. The first-order valence-electron chi connectivity index (χ1n) is 9.03. The molecular formula is C20H23N3O3S. The van der Waals surface area contributed by atoms with Crippen molar-refractivity contribution in [3.05, 3.63) is 65.2 Å². The zero-order valence-corrected chi connectivity index (χ0v) is 16.1. The lowest BCUT2D eigenvalue weighted by Gasteiger charge is -2.15. The summed E-state index contributed by atoms with van der Waals surface area (Å²) in [5.74, 6) is -0.449. The van der Waals surface area contributed by atoms with Crippen molar-refractivity contribution < 1.29 is 13.2 Å². The maximum absolute atomic E-state index is 12.6. The summed E-state index contributed by atoms with van der Waals surface area (Å²) in [6, 6.07) is 13.9. The van der Waals surface area contributed by atoms with Crippen LogP contribution in [0.1, 0.15) is 41.3 Å². The summed E-state index contributed by atoms with van der Waals surface area (Å²) in [5.41, 5.74) is 4.81. The zero-order chi connectivity index (χ0) is 19.3. The van der Waals surface area contributed by atoms with Crippen molar-refractivity contribution in [2.24, 2.45) is 5.10 Å². The van der Waals surface area contributed by atoms with Gasteiger partial charge in [-0.15, -0.1) is 0 Å². The van der Waals surface area contributed by atoms with Crippen LogP contribution in [-0.2, 0) is 16.4 Å². The molecule has 6 nitrogen and oxygen atoms in total. The van der Waals surface area contributed by atoms with Crippen molar-refractivity contribution in [3.63, 3.8) is 0 Å². The second-order valence-electron chi connectivity index (χ2n) is 6.43. The van der Waals surface area contributed by atoms with E-state index in [9.17, 15) is 13.2 Å². The number of benzene rings is 2. The molecular weight excluding hydrogens is 362 g/mol. The minimum Gasteiger partial charge on any atom is -0.267 e. The van der Waals surface area contributed by atoms with E-state index < -0.39 is 15.9 Å². The van der Waals surface area contributed by atoms with Crippen LogP contribution in [0.15, 0.2) is 58.5 Å². The van der Waals surface area contributed by atoms with Gasteiger partial charge in [0, 0.05) is 18.7 Å². The fourth-order valence-corrected chi connectivity index (χ4v) is 4.51. The average Bonchev–Trinajstić information content (AvgIpc) is 3.24. The Bertz CT molecular complexity index is 931. The Morgan fingerprint density at radius 1 is 1.15 bits per heavy atom. The van der Waals surface area contributed by atoms with Crippen LogP contribution in [0, 0.1) is 0 Å². The van der Waals surface area contributed by atoms with E-state index in [1.54, 1.807) is 18.3 Å². The van der Waals surface area contributed by atoms with Crippen molar-refractivity contribution in [3.8, 4) is 0 Å². The van der Waals surface area contributed by atoms with Crippen LogP contribution in [0.5, 0.6) is 0 Å². The van der Waals surface area contributed by atoms with Gasteiger partial charge >= 0.3 is 0 Å². The van der Waals surface area contributed by atoms with Gasteiger partial charge in [-0.05, 0) is 48.6 Å². The number of hydrazone groups is 1. The highest BCUT2D eigenvalue weighted by atomic mass is 32.2. The standard InChI is InChI=1S/C20H23N3O3S/c1-2-16-8-10-17(11-9-16)15-21-22-20(24)18-6-5-7-19(14-18)27(25,26)23-12-3-4-13-23/h5-11,14-15H,2-4,12-13H2,1H3,(H,22,24). The van der Waals surface area contributed by atoms with E-state index in [1.165, 1.54) is 22.0 Å². The number of amides is 1. The first kappa shape index (κ1) is 19.3. The van der Waals surface area contributed by atoms with Gasteiger partial charge in [0.15, 0.2) is 0 Å². The summed E-state index contributed by atoms with van der Waals surface area (Å²) in [6.07, 6.45) is 4.26. The number of nitrogens with one attached hydrogen (secondary N) is 1. The first-order chi connectivity index (χ1) is 13.0. The third-order valence-electron chi connectivity index (χ3n) is 4.57. The Morgan fingerprint density at radius 2 is 1.85 bits per heavy atom. The normalized spacial score (nSPS) is 15.3. The molecule has 3 rings (SSSR count). The monoisotopic (exact) mass is 385 g/mol. The van der Waals surface area contributed by atoms with Crippen molar-refractivity contribution >= 4 is 22.1 Å². The van der Waals surface area contributed by atoms with Crippen molar-refractivity contribution in [1.29, 1.82) is 0 Å². The number of carbonyl (C=O) groups is 1. The number of nitrogens with zero attached hydrogens (tertiary/aromatic N) is 2. The zero-order valence-electron chi connectivity index (χ0n) is 15.3. The van der Waals surface area contributed by atoms with Gasteiger partial charge in [0.25, 0.3) is 5.91 Å². The second kappa shape index (κ2) is 8.45. The molecule has 1 fully saturated rings. The predicted molar refractivity (Wildman–Crippen MR) is 105 cm³/mol. The molecule has 7 heteroatoms. The second-order valence-corrected chi connectivity index (χ2v) is 8.37. The van der Waals surface area contributed by atoms with Gasteiger partial charge < -0.3 is 0 Å². The summed E-state index contributed by atoms with van der Waals surface area (Å²) in [6.45, 7) is 3.14. The van der Waals surface area contributed by atoms with Gasteiger partial charge in [-0.25, -0.2) is 13.8 Å². The maximum Gasteiger partial charge on any atom is 0.271 e. The molecule has 1 heterocycles. The molecule has 1 aliphatic heterocycles. The number of rotatable bonds is 6. The smallest absolute Gasteiger partial charge is 0.267 e. The van der Waals surface area contributed by atoms with Crippen LogP contribution >= 0.6 is 0 Å². The quantitative estimate of drug-likeness (QED) is 0.613. The molecule has 0 saturated carbocycles. The fraction of sp³-hybridized carbons (Fsp3) is 0.300. The van der Waals surface area contributed by atoms with Crippen molar-refractivity contribution in [2.75, 3.05) is 13.1 Å². The minimum atomic E-state index is -3.55. The maximum atomic E-state index is 12.6. The Kier molecular flexibility index (Phi) is 6.03. The summed E-state index contributed by atoms with van der Waals surface area (Å²) >= 11 is 0. The van der Waals surface area contributed by atoms with E-state index >= 15 is 0 Å². The molecule has 1 amide bonds. The Hall–Kier alpha value is -2.51. The molecule has 0 bridgehead atoms. The average molecular weight is 385 g/mol. The number of hydrogen-bond acceptors (Lipinski definition) is 4. The van der Waals surface area contributed by atoms with Crippen LogP contribution in [0.3, 0.4) is 0 Å². The highest BCUT2D eigenvalue weighted by Gasteiger charge is 2.27. The lowest BCUT2D eigenvalue weighted by molar-refractivity contribution is 0.0955. The number of sulfonamides is 1. The van der Waals surface area contributed by atoms with Crippen LogP contribution in [0.25, 0.3) is 0 Å². The third kappa shape index (κ3) is 4.61. The Balaban J connectivity index is 1.68. The van der Waals surface area contributed by atoms with E-state index in [2.05, 4.69) is 17.5 Å². The summed E-state index contributed by atoms with van der Waals surface area (Å²) in [5, 5.41) is 3.96. The number of carbonyl (C=O) groups excluding carboxylic acids is 1. The molecule has 2 aromatic rings. The van der Waals surface area contributed by atoms with Gasteiger partial charge in [0.05, 0.1) is 11.1 Å². The van der Waals surface area contributed by atoms with E-state index in [4.69, 9.17) is 0 Å². The lowest BCUT2D eigenvalue weighted by atomic mass is 10.1. The largest absolute Gasteiger partial charge is 0.271 e. The molecule has 0 radical (unpaired) electrons. The van der Waals surface area contributed by atoms with E-state index in [-0.39, 0.29) is 10.5 Å². The molecule has 1 aliphatic rings. The highest BCUT2D eigenvalue weighted by molar-refractivity contribution is 7.89. The SMILES string of the molecule is CCc1ccc(C=NNC(=O)c2cccc(S(=O)(=O)N3CCCC3)c2)cc1. The molecule has 27 heavy (non-hydrogen) atoms. The molecule has 1 N–H and O–H groups in total. The molecule has 142 valence electrons. The summed E-state index contributed by atoms with van der Waals surface area (Å²) < 4.78 is 26.7. The van der Waals surface area contributed by atoms with Gasteiger partial charge in [-0.2, -0.15) is 9.41 Å². The van der Waals surface area contributed by atoms with Crippen LogP contribution in [0.4, 0.5) is 0 Å². The van der Waals surface area contributed by atoms with Gasteiger partial charge in [0.1, 0.15) is 0 Å². The Morgan fingerprint density at radius 3 is 2.52 bits per heavy atom.